The molecule has 6 nitrogen and oxygen atoms in total. The van der Waals surface area contributed by atoms with Crippen LogP contribution >= 0.6 is 11.6 Å². The van der Waals surface area contributed by atoms with Gasteiger partial charge in [0.15, 0.2) is 18.1 Å². The number of nitrogens with one attached hydrogen (secondary N) is 1. The van der Waals surface area contributed by atoms with Crippen LogP contribution in [0.2, 0.25) is 5.02 Å². The first-order valence-corrected chi connectivity index (χ1v) is 8.03. The quantitative estimate of drug-likeness (QED) is 0.828. The molecule has 1 atom stereocenters. The van der Waals surface area contributed by atoms with Crippen LogP contribution < -0.4 is 14.8 Å². The summed E-state index contributed by atoms with van der Waals surface area (Å²) in [6.45, 7) is 1.63. The molecule has 0 spiro atoms. The lowest BCUT2D eigenvalue weighted by Crippen LogP contribution is -2.31. The second-order valence-electron chi connectivity index (χ2n) is 5.46. The molecule has 2 aromatic rings. The molecule has 0 radical (unpaired) electrons. The Kier molecular flexibility index (Phi) is 5.09. The second-order valence-corrected chi connectivity index (χ2v) is 5.87. The van der Waals surface area contributed by atoms with Gasteiger partial charge in [0.25, 0.3) is 5.91 Å². The lowest BCUT2D eigenvalue weighted by atomic mass is 10.1. The molecule has 1 aliphatic rings. The summed E-state index contributed by atoms with van der Waals surface area (Å²) < 4.78 is 15.6. The fourth-order valence-corrected chi connectivity index (χ4v) is 2.60. The van der Waals surface area contributed by atoms with Crippen molar-refractivity contribution in [2.24, 2.45) is 0 Å². The van der Waals surface area contributed by atoms with E-state index in [0.29, 0.717) is 11.5 Å². The summed E-state index contributed by atoms with van der Waals surface area (Å²) in [7, 11) is 0. The van der Waals surface area contributed by atoms with Crippen molar-refractivity contribution < 1.29 is 23.8 Å². The fourth-order valence-electron chi connectivity index (χ4n) is 2.38. The SMILES string of the molecule is C[C@@H](NC(=O)COC(=O)c1ccccc1Cl)c1ccc2c(c1)OCO2. The first-order chi connectivity index (χ1) is 12.0. The number of carbonyl (C=O) groups is 2. The maximum atomic E-state index is 12.0. The topological polar surface area (TPSA) is 73.9 Å². The molecule has 0 bridgehead atoms. The smallest absolute Gasteiger partial charge is 0.340 e. The molecule has 1 amide bonds. The van der Waals surface area contributed by atoms with Gasteiger partial charge in [-0.3, -0.25) is 4.79 Å². The molecular formula is C18H16ClNO5. The Balaban J connectivity index is 1.54. The molecule has 1 heterocycles. The summed E-state index contributed by atoms with van der Waals surface area (Å²) in [4.78, 5) is 23.9. The average molecular weight is 362 g/mol. The van der Waals surface area contributed by atoms with E-state index in [9.17, 15) is 9.59 Å². The van der Waals surface area contributed by atoms with Gasteiger partial charge in [-0.05, 0) is 36.8 Å². The van der Waals surface area contributed by atoms with Crippen molar-refractivity contribution in [3.05, 3.63) is 58.6 Å². The number of halogens is 1. The molecule has 7 heteroatoms. The summed E-state index contributed by atoms with van der Waals surface area (Å²) in [5, 5.41) is 3.04. The summed E-state index contributed by atoms with van der Waals surface area (Å²) in [6, 6.07) is 11.7. The van der Waals surface area contributed by atoms with E-state index in [0.717, 1.165) is 5.56 Å². The molecule has 0 aromatic heterocycles. The molecule has 0 fully saturated rings. The largest absolute Gasteiger partial charge is 0.454 e. The van der Waals surface area contributed by atoms with Gasteiger partial charge in [-0.25, -0.2) is 4.79 Å². The molecular weight excluding hydrogens is 346 g/mol. The van der Waals surface area contributed by atoms with Crippen LogP contribution in [0, 0.1) is 0 Å². The van der Waals surface area contributed by atoms with Crippen molar-refractivity contribution in [2.75, 3.05) is 13.4 Å². The highest BCUT2D eigenvalue weighted by Crippen LogP contribution is 2.34. The van der Waals surface area contributed by atoms with Gasteiger partial charge in [0, 0.05) is 0 Å². The van der Waals surface area contributed by atoms with Crippen LogP contribution in [0.3, 0.4) is 0 Å². The first-order valence-electron chi connectivity index (χ1n) is 7.65. The lowest BCUT2D eigenvalue weighted by molar-refractivity contribution is -0.124. The predicted octanol–water partition coefficient (Wildman–Crippen LogP) is 3.10. The zero-order chi connectivity index (χ0) is 17.8. The Bertz CT molecular complexity index is 808. The molecule has 130 valence electrons. The monoisotopic (exact) mass is 361 g/mol. The summed E-state index contributed by atoms with van der Waals surface area (Å²) >= 11 is 5.92. The van der Waals surface area contributed by atoms with E-state index in [1.54, 1.807) is 24.3 Å². The maximum absolute atomic E-state index is 12.0. The number of fused-ring (bicyclic) bond motifs is 1. The van der Waals surface area contributed by atoms with Crippen LogP contribution in [-0.4, -0.2) is 25.3 Å². The Hall–Kier alpha value is -2.73. The molecule has 25 heavy (non-hydrogen) atoms. The minimum absolute atomic E-state index is 0.192. The van der Waals surface area contributed by atoms with E-state index >= 15 is 0 Å². The Morgan fingerprint density at radius 1 is 1.20 bits per heavy atom. The zero-order valence-electron chi connectivity index (χ0n) is 13.5. The van der Waals surface area contributed by atoms with Crippen molar-refractivity contribution in [3.8, 4) is 11.5 Å². The normalized spacial score (nSPS) is 13.2. The van der Waals surface area contributed by atoms with Gasteiger partial charge in [-0.2, -0.15) is 0 Å². The first kappa shape index (κ1) is 17.1. The highest BCUT2D eigenvalue weighted by Gasteiger charge is 2.18. The van der Waals surface area contributed by atoms with Gasteiger partial charge in [-0.1, -0.05) is 29.8 Å². The van der Waals surface area contributed by atoms with E-state index in [4.69, 9.17) is 25.8 Å². The molecule has 1 aliphatic heterocycles. The number of carbonyl (C=O) groups excluding carboxylic acids is 2. The third-order valence-electron chi connectivity index (χ3n) is 3.70. The number of benzene rings is 2. The van der Waals surface area contributed by atoms with Gasteiger partial charge in [-0.15, -0.1) is 0 Å². The summed E-state index contributed by atoms with van der Waals surface area (Å²) in [6.07, 6.45) is 0. The number of rotatable bonds is 5. The van der Waals surface area contributed by atoms with Crippen molar-refractivity contribution in [1.29, 1.82) is 0 Å². The molecule has 0 saturated heterocycles. The number of amides is 1. The number of ether oxygens (including phenoxy) is 3. The highest BCUT2D eigenvalue weighted by atomic mass is 35.5. The lowest BCUT2D eigenvalue weighted by Gasteiger charge is -2.15. The van der Waals surface area contributed by atoms with Crippen molar-refractivity contribution in [2.45, 2.75) is 13.0 Å². The van der Waals surface area contributed by atoms with E-state index in [2.05, 4.69) is 5.32 Å². The third kappa shape index (κ3) is 4.03. The Morgan fingerprint density at radius 3 is 2.76 bits per heavy atom. The van der Waals surface area contributed by atoms with E-state index in [1.165, 1.54) is 6.07 Å². The van der Waals surface area contributed by atoms with Crippen LogP contribution in [0.25, 0.3) is 0 Å². The Labute approximate surface area is 149 Å². The maximum Gasteiger partial charge on any atom is 0.340 e. The molecule has 0 saturated carbocycles. The van der Waals surface area contributed by atoms with Gasteiger partial charge >= 0.3 is 5.97 Å². The van der Waals surface area contributed by atoms with Crippen molar-refractivity contribution >= 4 is 23.5 Å². The third-order valence-corrected chi connectivity index (χ3v) is 4.03. The predicted molar refractivity (Wildman–Crippen MR) is 90.9 cm³/mol. The van der Waals surface area contributed by atoms with Crippen molar-refractivity contribution in [1.82, 2.24) is 5.32 Å². The Morgan fingerprint density at radius 2 is 1.96 bits per heavy atom. The fraction of sp³-hybridized carbons (Fsp3) is 0.222. The van der Waals surface area contributed by atoms with E-state index < -0.39 is 11.9 Å². The molecule has 2 aromatic carbocycles. The number of esters is 1. The molecule has 1 N–H and O–H groups in total. The van der Waals surface area contributed by atoms with Crippen LogP contribution in [0.5, 0.6) is 11.5 Å². The van der Waals surface area contributed by atoms with Crippen LogP contribution in [0.4, 0.5) is 0 Å². The summed E-state index contributed by atoms with van der Waals surface area (Å²) in [5.41, 5.74) is 1.08. The van der Waals surface area contributed by atoms with Crippen LogP contribution in [0.15, 0.2) is 42.5 Å². The molecule has 0 aliphatic carbocycles. The van der Waals surface area contributed by atoms with Crippen molar-refractivity contribution in [3.63, 3.8) is 0 Å². The van der Waals surface area contributed by atoms with Gasteiger partial charge in [0.2, 0.25) is 6.79 Å². The van der Waals surface area contributed by atoms with Gasteiger partial charge in [0.1, 0.15) is 0 Å². The number of hydrogen-bond donors (Lipinski definition) is 1. The van der Waals surface area contributed by atoms with E-state index in [1.807, 2.05) is 19.1 Å². The summed E-state index contributed by atoms with van der Waals surface area (Å²) in [5.74, 6) is 0.266. The van der Waals surface area contributed by atoms with E-state index in [-0.39, 0.29) is 30.0 Å². The standard InChI is InChI=1S/C18H16ClNO5/c1-11(12-6-7-15-16(8-12)25-10-24-15)20-17(21)9-23-18(22)13-4-2-3-5-14(13)19/h2-8,11H,9-10H2,1H3,(H,20,21)/t11-/m1/s1. The van der Waals surface area contributed by atoms with Gasteiger partial charge < -0.3 is 19.5 Å². The van der Waals surface area contributed by atoms with Crippen LogP contribution in [0.1, 0.15) is 28.9 Å². The van der Waals surface area contributed by atoms with Crippen LogP contribution in [-0.2, 0) is 9.53 Å². The second kappa shape index (κ2) is 7.44. The van der Waals surface area contributed by atoms with Gasteiger partial charge in [0.05, 0.1) is 16.6 Å². The molecule has 0 unspecified atom stereocenters. The zero-order valence-corrected chi connectivity index (χ0v) is 14.2. The minimum Gasteiger partial charge on any atom is -0.454 e. The highest BCUT2D eigenvalue weighted by molar-refractivity contribution is 6.33. The minimum atomic E-state index is -0.642. The average Bonchev–Trinajstić information content (AvgIpc) is 3.07. The molecule has 3 rings (SSSR count). The number of hydrogen-bond acceptors (Lipinski definition) is 5.